The van der Waals surface area contributed by atoms with E-state index in [4.69, 9.17) is 10.5 Å². The van der Waals surface area contributed by atoms with Gasteiger partial charge in [0.15, 0.2) is 0 Å². The summed E-state index contributed by atoms with van der Waals surface area (Å²) in [5.74, 6) is 1.04. The van der Waals surface area contributed by atoms with Crippen LogP contribution in [0.3, 0.4) is 0 Å². The van der Waals surface area contributed by atoms with Gasteiger partial charge in [0.1, 0.15) is 24.7 Å². The van der Waals surface area contributed by atoms with Gasteiger partial charge >= 0.3 is 0 Å². The number of imidazole rings is 1. The lowest BCUT2D eigenvalue weighted by Crippen LogP contribution is -2.20. The second kappa shape index (κ2) is 5.89. The number of ether oxygens (including phenoxy) is 1. The Morgan fingerprint density at radius 2 is 1.91 bits per heavy atom. The first-order chi connectivity index (χ1) is 10.6. The van der Waals surface area contributed by atoms with Gasteiger partial charge in [-0.25, -0.2) is 4.98 Å². The molecule has 0 saturated carbocycles. The van der Waals surface area contributed by atoms with Gasteiger partial charge in [-0.05, 0) is 31.2 Å². The van der Waals surface area contributed by atoms with E-state index < -0.39 is 5.91 Å². The summed E-state index contributed by atoms with van der Waals surface area (Å²) in [6.45, 7) is 2.40. The predicted octanol–water partition coefficient (Wildman–Crippen LogP) is 2.41. The molecule has 0 fully saturated rings. The SMILES string of the molecule is Cc1ccc(OCc2nc3ccccc3n2CC(N)=O)cc1. The summed E-state index contributed by atoms with van der Waals surface area (Å²) < 4.78 is 7.56. The fraction of sp³-hybridized carbons (Fsp3) is 0.176. The number of benzene rings is 2. The Morgan fingerprint density at radius 3 is 2.64 bits per heavy atom. The highest BCUT2D eigenvalue weighted by Gasteiger charge is 2.12. The van der Waals surface area contributed by atoms with E-state index >= 15 is 0 Å². The van der Waals surface area contributed by atoms with Crippen molar-refractivity contribution in [3.63, 3.8) is 0 Å². The molecule has 3 rings (SSSR count). The number of hydrogen-bond acceptors (Lipinski definition) is 3. The quantitative estimate of drug-likeness (QED) is 0.785. The molecule has 0 aliphatic heterocycles. The maximum Gasteiger partial charge on any atom is 0.237 e. The van der Waals surface area contributed by atoms with E-state index in [0.29, 0.717) is 5.82 Å². The van der Waals surface area contributed by atoms with Crippen LogP contribution in [0.15, 0.2) is 48.5 Å². The van der Waals surface area contributed by atoms with Crippen LogP contribution in [0.4, 0.5) is 0 Å². The minimum atomic E-state index is -0.403. The predicted molar refractivity (Wildman–Crippen MR) is 84.4 cm³/mol. The molecule has 0 saturated heterocycles. The fourth-order valence-corrected chi connectivity index (χ4v) is 2.35. The van der Waals surface area contributed by atoms with Gasteiger partial charge in [0.05, 0.1) is 11.0 Å². The van der Waals surface area contributed by atoms with Crippen LogP contribution < -0.4 is 10.5 Å². The number of fused-ring (bicyclic) bond motifs is 1. The molecule has 2 N–H and O–H groups in total. The summed E-state index contributed by atoms with van der Waals surface area (Å²) in [5, 5.41) is 0. The van der Waals surface area contributed by atoms with Crippen molar-refractivity contribution in [1.82, 2.24) is 9.55 Å². The zero-order valence-electron chi connectivity index (χ0n) is 12.3. The Hall–Kier alpha value is -2.82. The molecule has 2 aromatic carbocycles. The molecule has 0 spiro atoms. The van der Waals surface area contributed by atoms with Crippen LogP contribution in [0, 0.1) is 6.92 Å². The molecule has 3 aromatic rings. The van der Waals surface area contributed by atoms with Crippen molar-refractivity contribution in [3.8, 4) is 5.75 Å². The average Bonchev–Trinajstić information content (AvgIpc) is 2.84. The van der Waals surface area contributed by atoms with Crippen molar-refractivity contribution in [2.75, 3.05) is 0 Å². The highest BCUT2D eigenvalue weighted by atomic mass is 16.5. The number of carbonyl (C=O) groups excluding carboxylic acids is 1. The van der Waals surface area contributed by atoms with E-state index in [0.717, 1.165) is 16.8 Å². The van der Waals surface area contributed by atoms with Crippen molar-refractivity contribution in [3.05, 3.63) is 59.9 Å². The second-order valence-electron chi connectivity index (χ2n) is 5.17. The van der Waals surface area contributed by atoms with E-state index in [-0.39, 0.29) is 13.2 Å². The van der Waals surface area contributed by atoms with Gasteiger partial charge in [-0.3, -0.25) is 4.79 Å². The summed E-state index contributed by atoms with van der Waals surface area (Å²) in [5.41, 5.74) is 8.22. The van der Waals surface area contributed by atoms with Crippen molar-refractivity contribution >= 4 is 16.9 Å². The Labute approximate surface area is 128 Å². The van der Waals surface area contributed by atoms with E-state index in [1.807, 2.05) is 55.5 Å². The maximum absolute atomic E-state index is 11.3. The summed E-state index contributed by atoms with van der Waals surface area (Å²) in [4.78, 5) is 15.8. The number of aryl methyl sites for hydroxylation is 1. The molecule has 1 heterocycles. The molecular weight excluding hydrogens is 278 g/mol. The minimum absolute atomic E-state index is 0.0904. The van der Waals surface area contributed by atoms with Gasteiger partial charge in [0, 0.05) is 0 Å². The topological polar surface area (TPSA) is 70.1 Å². The number of carbonyl (C=O) groups is 1. The smallest absolute Gasteiger partial charge is 0.237 e. The highest BCUT2D eigenvalue weighted by Crippen LogP contribution is 2.18. The molecule has 5 nitrogen and oxygen atoms in total. The zero-order chi connectivity index (χ0) is 15.5. The average molecular weight is 295 g/mol. The van der Waals surface area contributed by atoms with Crippen LogP contribution in [0.25, 0.3) is 11.0 Å². The monoisotopic (exact) mass is 295 g/mol. The lowest BCUT2D eigenvalue weighted by molar-refractivity contribution is -0.118. The fourth-order valence-electron chi connectivity index (χ4n) is 2.35. The molecule has 1 aromatic heterocycles. The highest BCUT2D eigenvalue weighted by molar-refractivity contribution is 5.80. The van der Waals surface area contributed by atoms with Gasteiger partial charge in [-0.1, -0.05) is 29.8 Å². The Bertz CT molecular complexity index is 806. The number of nitrogens with zero attached hydrogens (tertiary/aromatic N) is 2. The zero-order valence-corrected chi connectivity index (χ0v) is 12.3. The second-order valence-corrected chi connectivity index (χ2v) is 5.17. The molecule has 0 unspecified atom stereocenters. The summed E-state index contributed by atoms with van der Waals surface area (Å²) in [6, 6.07) is 15.4. The molecule has 1 amide bonds. The molecule has 5 heteroatoms. The van der Waals surface area contributed by atoms with Crippen LogP contribution in [-0.4, -0.2) is 15.5 Å². The molecule has 0 radical (unpaired) electrons. The third-order valence-electron chi connectivity index (χ3n) is 3.44. The molecule has 112 valence electrons. The molecule has 0 bridgehead atoms. The molecule has 0 aliphatic rings. The van der Waals surface area contributed by atoms with Crippen molar-refractivity contribution in [2.24, 2.45) is 5.73 Å². The van der Waals surface area contributed by atoms with Gasteiger partial charge in [0.2, 0.25) is 5.91 Å². The van der Waals surface area contributed by atoms with Crippen LogP contribution in [-0.2, 0) is 17.9 Å². The van der Waals surface area contributed by atoms with Gasteiger partial charge in [-0.2, -0.15) is 0 Å². The van der Waals surface area contributed by atoms with Crippen molar-refractivity contribution < 1.29 is 9.53 Å². The maximum atomic E-state index is 11.3. The molecule has 0 aliphatic carbocycles. The first kappa shape index (κ1) is 14.1. The Kier molecular flexibility index (Phi) is 3.78. The number of nitrogens with two attached hydrogens (primary N) is 1. The third-order valence-corrected chi connectivity index (χ3v) is 3.44. The van der Waals surface area contributed by atoms with E-state index in [1.54, 1.807) is 4.57 Å². The number of aromatic nitrogens is 2. The first-order valence-electron chi connectivity index (χ1n) is 7.05. The largest absolute Gasteiger partial charge is 0.486 e. The number of para-hydroxylation sites is 2. The van der Waals surface area contributed by atoms with Gasteiger partial charge < -0.3 is 15.0 Å². The molecule has 0 atom stereocenters. The number of rotatable bonds is 5. The van der Waals surface area contributed by atoms with E-state index in [9.17, 15) is 4.79 Å². The molecular formula is C17H17N3O2. The number of hydrogen-bond donors (Lipinski definition) is 1. The molecule has 22 heavy (non-hydrogen) atoms. The summed E-state index contributed by atoms with van der Waals surface area (Å²) in [7, 11) is 0. The van der Waals surface area contributed by atoms with E-state index in [2.05, 4.69) is 4.98 Å². The standard InChI is InChI=1S/C17H17N3O2/c1-12-6-8-13(9-7-12)22-11-17-19-14-4-2-3-5-15(14)20(17)10-16(18)21/h2-9H,10-11H2,1H3,(H2,18,21). The normalized spacial score (nSPS) is 10.8. The third kappa shape index (κ3) is 2.93. The van der Waals surface area contributed by atoms with Crippen LogP contribution in [0.2, 0.25) is 0 Å². The first-order valence-corrected chi connectivity index (χ1v) is 7.05. The van der Waals surface area contributed by atoms with Gasteiger partial charge in [0.25, 0.3) is 0 Å². The summed E-state index contributed by atoms with van der Waals surface area (Å²) in [6.07, 6.45) is 0. The van der Waals surface area contributed by atoms with Crippen LogP contribution >= 0.6 is 0 Å². The van der Waals surface area contributed by atoms with Crippen molar-refractivity contribution in [1.29, 1.82) is 0 Å². The Morgan fingerprint density at radius 1 is 1.18 bits per heavy atom. The number of primary amides is 1. The van der Waals surface area contributed by atoms with Crippen molar-refractivity contribution in [2.45, 2.75) is 20.1 Å². The van der Waals surface area contributed by atoms with Gasteiger partial charge in [-0.15, -0.1) is 0 Å². The van der Waals surface area contributed by atoms with Crippen LogP contribution in [0.1, 0.15) is 11.4 Å². The summed E-state index contributed by atoms with van der Waals surface area (Å²) >= 11 is 0. The minimum Gasteiger partial charge on any atom is -0.486 e. The number of amides is 1. The lowest BCUT2D eigenvalue weighted by Gasteiger charge is -2.09. The Balaban J connectivity index is 1.88. The van der Waals surface area contributed by atoms with Crippen LogP contribution in [0.5, 0.6) is 5.75 Å². The lowest BCUT2D eigenvalue weighted by atomic mass is 10.2. The van der Waals surface area contributed by atoms with E-state index in [1.165, 1.54) is 5.56 Å².